The molecule has 0 aliphatic heterocycles. The SMILES string of the molecule is CCC12CC3CC(O)(C1)CC(C(=O)NCc1ccccc1C(F)(F)F)(C3)C2. The summed E-state index contributed by atoms with van der Waals surface area (Å²) in [5.41, 5.74) is -2.07. The molecule has 4 saturated carbocycles. The van der Waals surface area contributed by atoms with Crippen molar-refractivity contribution in [2.24, 2.45) is 16.7 Å². The zero-order chi connectivity index (χ0) is 19.5. The summed E-state index contributed by atoms with van der Waals surface area (Å²) >= 11 is 0. The van der Waals surface area contributed by atoms with Crippen molar-refractivity contribution < 1.29 is 23.1 Å². The molecule has 3 nitrogen and oxygen atoms in total. The van der Waals surface area contributed by atoms with Crippen molar-refractivity contribution in [1.29, 1.82) is 0 Å². The molecule has 5 rings (SSSR count). The molecule has 0 heterocycles. The molecule has 0 saturated heterocycles. The molecule has 6 heteroatoms. The fourth-order valence-corrected chi connectivity index (χ4v) is 6.55. The average molecular weight is 381 g/mol. The lowest BCUT2D eigenvalue weighted by Crippen LogP contribution is -2.63. The van der Waals surface area contributed by atoms with Crippen molar-refractivity contribution in [3.05, 3.63) is 35.4 Å². The van der Waals surface area contributed by atoms with Gasteiger partial charge in [-0.05, 0) is 61.5 Å². The highest BCUT2D eigenvalue weighted by Crippen LogP contribution is 2.67. The maximum atomic E-state index is 13.2. The van der Waals surface area contributed by atoms with Gasteiger partial charge in [-0.15, -0.1) is 0 Å². The van der Waals surface area contributed by atoms with Crippen LogP contribution in [0.3, 0.4) is 0 Å². The lowest BCUT2D eigenvalue weighted by molar-refractivity contribution is -0.204. The third kappa shape index (κ3) is 3.16. The van der Waals surface area contributed by atoms with Gasteiger partial charge in [0, 0.05) is 6.54 Å². The standard InChI is InChI=1S/C21H26F3NO2/c1-2-18-7-14-8-19(11-18,13-20(27,9-14)12-18)17(26)25-10-15-5-3-4-6-16(15)21(22,23)24/h3-6,14,27H,2,7-13H2,1H3,(H,25,26). The van der Waals surface area contributed by atoms with Crippen LogP contribution in [-0.4, -0.2) is 16.6 Å². The van der Waals surface area contributed by atoms with Crippen LogP contribution >= 0.6 is 0 Å². The second-order valence-corrected chi connectivity index (χ2v) is 9.20. The largest absolute Gasteiger partial charge is 0.416 e. The summed E-state index contributed by atoms with van der Waals surface area (Å²) < 4.78 is 39.6. The first-order valence-electron chi connectivity index (χ1n) is 9.75. The summed E-state index contributed by atoms with van der Waals surface area (Å²) in [4.78, 5) is 13.1. The first-order chi connectivity index (χ1) is 12.6. The van der Waals surface area contributed by atoms with E-state index >= 15 is 0 Å². The zero-order valence-corrected chi connectivity index (χ0v) is 15.5. The van der Waals surface area contributed by atoms with Gasteiger partial charge in [0.15, 0.2) is 0 Å². The molecule has 4 atom stereocenters. The molecule has 1 aromatic rings. The molecule has 2 N–H and O–H groups in total. The van der Waals surface area contributed by atoms with E-state index in [1.807, 2.05) is 0 Å². The summed E-state index contributed by atoms with van der Waals surface area (Å²) in [5.74, 6) is 0.138. The first-order valence-corrected chi connectivity index (χ1v) is 9.75. The van der Waals surface area contributed by atoms with E-state index in [9.17, 15) is 23.1 Å². The van der Waals surface area contributed by atoms with Crippen LogP contribution in [0.4, 0.5) is 13.2 Å². The van der Waals surface area contributed by atoms with Crippen LogP contribution in [0.25, 0.3) is 0 Å². The Morgan fingerprint density at radius 3 is 2.59 bits per heavy atom. The number of halogens is 3. The summed E-state index contributed by atoms with van der Waals surface area (Å²) in [6.07, 6.45) is 0.954. The van der Waals surface area contributed by atoms with Crippen molar-refractivity contribution in [3.8, 4) is 0 Å². The first kappa shape index (κ1) is 18.8. The van der Waals surface area contributed by atoms with E-state index in [0.717, 1.165) is 44.6 Å². The van der Waals surface area contributed by atoms with Crippen molar-refractivity contribution >= 4 is 5.91 Å². The number of nitrogens with one attached hydrogen (secondary N) is 1. The quantitative estimate of drug-likeness (QED) is 0.810. The molecule has 4 fully saturated rings. The number of hydrogen-bond acceptors (Lipinski definition) is 2. The molecular weight excluding hydrogens is 355 g/mol. The highest BCUT2D eigenvalue weighted by molar-refractivity contribution is 5.83. The van der Waals surface area contributed by atoms with Crippen molar-refractivity contribution in [1.82, 2.24) is 5.32 Å². The van der Waals surface area contributed by atoms with Gasteiger partial charge in [0.05, 0.1) is 16.6 Å². The molecule has 27 heavy (non-hydrogen) atoms. The number of aliphatic hydroxyl groups is 1. The highest BCUT2D eigenvalue weighted by atomic mass is 19.4. The Bertz CT molecular complexity index is 764. The summed E-state index contributed by atoms with van der Waals surface area (Å²) in [6, 6.07) is 5.36. The Morgan fingerprint density at radius 1 is 1.19 bits per heavy atom. The minimum Gasteiger partial charge on any atom is -0.390 e. The number of hydrogen-bond donors (Lipinski definition) is 2. The van der Waals surface area contributed by atoms with Gasteiger partial charge in [0.25, 0.3) is 0 Å². The second-order valence-electron chi connectivity index (χ2n) is 9.20. The molecule has 1 aromatic carbocycles. The molecule has 4 aliphatic carbocycles. The van der Waals surface area contributed by atoms with Gasteiger partial charge in [-0.25, -0.2) is 0 Å². The van der Waals surface area contributed by atoms with Crippen molar-refractivity contribution in [2.75, 3.05) is 0 Å². The highest BCUT2D eigenvalue weighted by Gasteiger charge is 2.64. The van der Waals surface area contributed by atoms with E-state index in [2.05, 4.69) is 12.2 Å². The van der Waals surface area contributed by atoms with Crippen LogP contribution < -0.4 is 5.32 Å². The molecule has 1 amide bonds. The van der Waals surface area contributed by atoms with E-state index < -0.39 is 22.8 Å². The van der Waals surface area contributed by atoms with Gasteiger partial charge < -0.3 is 10.4 Å². The van der Waals surface area contributed by atoms with Gasteiger partial charge >= 0.3 is 6.18 Å². The Kier molecular flexibility index (Phi) is 4.15. The third-order valence-electron chi connectivity index (χ3n) is 7.15. The lowest BCUT2D eigenvalue weighted by atomic mass is 9.42. The Hall–Kier alpha value is -1.56. The molecular formula is C21H26F3NO2. The fourth-order valence-electron chi connectivity index (χ4n) is 6.55. The van der Waals surface area contributed by atoms with E-state index in [0.29, 0.717) is 12.3 Å². The molecule has 0 aromatic heterocycles. The summed E-state index contributed by atoms with van der Waals surface area (Å²) in [5, 5.41) is 13.8. The predicted molar refractivity (Wildman–Crippen MR) is 94.6 cm³/mol. The number of benzene rings is 1. The smallest absolute Gasteiger partial charge is 0.390 e. The average Bonchev–Trinajstić information content (AvgIpc) is 2.57. The van der Waals surface area contributed by atoms with E-state index in [-0.39, 0.29) is 23.4 Å². The molecule has 0 radical (unpaired) electrons. The Labute approximate surface area is 157 Å². The van der Waals surface area contributed by atoms with Crippen molar-refractivity contribution in [2.45, 2.75) is 70.2 Å². The van der Waals surface area contributed by atoms with Crippen LogP contribution in [0.1, 0.15) is 63.0 Å². The number of amides is 1. The van der Waals surface area contributed by atoms with Gasteiger partial charge in [-0.1, -0.05) is 31.5 Å². The second kappa shape index (κ2) is 5.97. The van der Waals surface area contributed by atoms with Gasteiger partial charge in [0.2, 0.25) is 5.91 Å². The predicted octanol–water partition coefficient (Wildman–Crippen LogP) is 4.43. The van der Waals surface area contributed by atoms with Crippen LogP contribution in [-0.2, 0) is 17.5 Å². The van der Waals surface area contributed by atoms with Gasteiger partial charge in [0.1, 0.15) is 0 Å². The van der Waals surface area contributed by atoms with Crippen LogP contribution in [0.5, 0.6) is 0 Å². The van der Waals surface area contributed by atoms with E-state index in [1.54, 1.807) is 6.07 Å². The Balaban J connectivity index is 1.55. The maximum Gasteiger partial charge on any atom is 0.416 e. The molecule has 148 valence electrons. The van der Waals surface area contributed by atoms with Crippen LogP contribution in [0.15, 0.2) is 24.3 Å². The monoisotopic (exact) mass is 381 g/mol. The minimum absolute atomic E-state index is 0.00458. The third-order valence-corrected chi connectivity index (χ3v) is 7.15. The maximum absolute atomic E-state index is 13.2. The lowest BCUT2D eigenvalue weighted by Gasteiger charge is -2.64. The number of carbonyl (C=O) groups excluding carboxylic acids is 1. The number of alkyl halides is 3. The van der Waals surface area contributed by atoms with Crippen molar-refractivity contribution in [3.63, 3.8) is 0 Å². The summed E-state index contributed by atoms with van der Waals surface area (Å²) in [6.45, 7) is 1.97. The van der Waals surface area contributed by atoms with Gasteiger partial charge in [-0.2, -0.15) is 13.2 Å². The molecule has 4 bridgehead atoms. The molecule has 4 aliphatic rings. The topological polar surface area (TPSA) is 49.3 Å². The van der Waals surface area contributed by atoms with E-state index in [1.165, 1.54) is 12.1 Å². The van der Waals surface area contributed by atoms with E-state index in [4.69, 9.17) is 0 Å². The van der Waals surface area contributed by atoms with Crippen LogP contribution in [0, 0.1) is 16.7 Å². The fraction of sp³-hybridized carbons (Fsp3) is 0.667. The zero-order valence-electron chi connectivity index (χ0n) is 15.5. The molecule has 0 spiro atoms. The normalized spacial score (nSPS) is 37.4. The number of rotatable bonds is 4. The molecule has 4 unspecified atom stereocenters. The summed E-state index contributed by atoms with van der Waals surface area (Å²) in [7, 11) is 0. The minimum atomic E-state index is -4.44. The van der Waals surface area contributed by atoms with Gasteiger partial charge in [-0.3, -0.25) is 4.79 Å². The number of carbonyl (C=O) groups is 1. The Morgan fingerprint density at radius 2 is 1.93 bits per heavy atom. The van der Waals surface area contributed by atoms with Crippen LogP contribution in [0.2, 0.25) is 0 Å².